The lowest BCUT2D eigenvalue weighted by Gasteiger charge is -2.30. The molecule has 2 rings (SSSR count). The van der Waals surface area contributed by atoms with Crippen molar-refractivity contribution in [3.63, 3.8) is 0 Å². The molecule has 0 bridgehead atoms. The number of anilines is 1. The lowest BCUT2D eigenvalue weighted by molar-refractivity contribution is -0.119. The minimum atomic E-state index is -0.276. The molecular formula is C16H24N2O. The highest BCUT2D eigenvalue weighted by molar-refractivity contribution is 5.94. The van der Waals surface area contributed by atoms with Crippen LogP contribution in [0.15, 0.2) is 18.2 Å². The molecule has 1 aromatic carbocycles. The monoisotopic (exact) mass is 260 g/mol. The molecule has 104 valence electrons. The van der Waals surface area contributed by atoms with E-state index < -0.39 is 0 Å². The summed E-state index contributed by atoms with van der Waals surface area (Å²) in [6, 6.07) is 6.36. The summed E-state index contributed by atoms with van der Waals surface area (Å²) in [5.41, 5.74) is 9.33. The Kier molecular flexibility index (Phi) is 3.95. The van der Waals surface area contributed by atoms with Crippen LogP contribution >= 0.6 is 0 Å². The van der Waals surface area contributed by atoms with Gasteiger partial charge >= 0.3 is 0 Å². The molecule has 1 aliphatic heterocycles. The summed E-state index contributed by atoms with van der Waals surface area (Å²) in [7, 11) is 0. The summed E-state index contributed by atoms with van der Waals surface area (Å²) in [4.78, 5) is 14.3. The molecule has 0 saturated heterocycles. The highest BCUT2D eigenvalue weighted by Crippen LogP contribution is 2.28. The maximum absolute atomic E-state index is 12.4. The molecule has 1 aromatic rings. The van der Waals surface area contributed by atoms with Crippen LogP contribution in [-0.4, -0.2) is 18.0 Å². The number of carbonyl (C=O) groups excluding carboxylic acids is 1. The van der Waals surface area contributed by atoms with Gasteiger partial charge in [0.1, 0.15) is 0 Å². The Morgan fingerprint density at radius 1 is 1.42 bits per heavy atom. The van der Waals surface area contributed by atoms with Crippen LogP contribution in [0.3, 0.4) is 0 Å². The predicted molar refractivity (Wildman–Crippen MR) is 79.4 cm³/mol. The molecule has 0 aliphatic carbocycles. The number of rotatable bonds is 3. The number of hydrogen-bond acceptors (Lipinski definition) is 2. The van der Waals surface area contributed by atoms with Gasteiger partial charge in [0, 0.05) is 24.2 Å². The minimum Gasteiger partial charge on any atom is -0.326 e. The van der Waals surface area contributed by atoms with E-state index in [0.717, 1.165) is 31.5 Å². The molecule has 1 aliphatic rings. The van der Waals surface area contributed by atoms with E-state index in [4.69, 9.17) is 5.73 Å². The maximum atomic E-state index is 12.4. The zero-order valence-corrected chi connectivity index (χ0v) is 12.2. The van der Waals surface area contributed by atoms with Gasteiger partial charge in [0.2, 0.25) is 5.91 Å². The van der Waals surface area contributed by atoms with E-state index >= 15 is 0 Å². The van der Waals surface area contributed by atoms with Gasteiger partial charge in [-0.25, -0.2) is 0 Å². The molecule has 0 spiro atoms. The van der Waals surface area contributed by atoms with Gasteiger partial charge in [-0.05, 0) is 51.7 Å². The first-order valence-corrected chi connectivity index (χ1v) is 7.05. The van der Waals surface area contributed by atoms with Crippen LogP contribution in [0.25, 0.3) is 0 Å². The number of carbonyl (C=O) groups is 1. The predicted octanol–water partition coefficient (Wildman–Crippen LogP) is 2.79. The molecule has 19 heavy (non-hydrogen) atoms. The van der Waals surface area contributed by atoms with Crippen molar-refractivity contribution < 1.29 is 4.79 Å². The van der Waals surface area contributed by atoms with Crippen LogP contribution in [-0.2, 0) is 11.2 Å². The van der Waals surface area contributed by atoms with Crippen LogP contribution in [0, 0.1) is 6.92 Å². The van der Waals surface area contributed by atoms with E-state index in [0.29, 0.717) is 6.42 Å². The molecule has 0 saturated carbocycles. The van der Waals surface area contributed by atoms with Gasteiger partial charge in [-0.2, -0.15) is 0 Å². The van der Waals surface area contributed by atoms with E-state index in [1.807, 2.05) is 18.7 Å². The molecule has 0 fully saturated rings. The summed E-state index contributed by atoms with van der Waals surface area (Å²) < 4.78 is 0. The van der Waals surface area contributed by atoms with Crippen molar-refractivity contribution in [1.82, 2.24) is 0 Å². The van der Waals surface area contributed by atoms with Gasteiger partial charge in [-0.1, -0.05) is 17.7 Å². The van der Waals surface area contributed by atoms with Crippen molar-refractivity contribution in [2.24, 2.45) is 5.73 Å². The Balaban J connectivity index is 2.13. The second-order valence-corrected chi connectivity index (χ2v) is 6.27. The first-order chi connectivity index (χ1) is 8.87. The van der Waals surface area contributed by atoms with Gasteiger partial charge < -0.3 is 10.6 Å². The lowest BCUT2D eigenvalue weighted by atomic mass is 9.97. The van der Waals surface area contributed by atoms with Crippen molar-refractivity contribution in [1.29, 1.82) is 0 Å². The quantitative estimate of drug-likeness (QED) is 0.908. The molecular weight excluding hydrogens is 236 g/mol. The molecule has 1 amide bonds. The third-order valence-electron chi connectivity index (χ3n) is 3.64. The fourth-order valence-corrected chi connectivity index (χ4v) is 2.55. The zero-order chi connectivity index (χ0) is 14.0. The number of amides is 1. The van der Waals surface area contributed by atoms with E-state index in [1.54, 1.807) is 0 Å². The molecule has 3 heteroatoms. The van der Waals surface area contributed by atoms with Crippen molar-refractivity contribution >= 4 is 11.6 Å². The van der Waals surface area contributed by atoms with Crippen LogP contribution < -0.4 is 10.6 Å². The fourth-order valence-electron chi connectivity index (χ4n) is 2.55. The molecule has 0 aromatic heterocycles. The van der Waals surface area contributed by atoms with Crippen molar-refractivity contribution in [2.45, 2.75) is 52.0 Å². The number of hydrogen-bond donors (Lipinski definition) is 1. The Morgan fingerprint density at radius 3 is 2.84 bits per heavy atom. The smallest absolute Gasteiger partial charge is 0.227 e. The molecule has 0 atom stereocenters. The van der Waals surface area contributed by atoms with E-state index in [-0.39, 0.29) is 11.4 Å². The number of nitrogens with zero attached hydrogens (tertiary/aromatic N) is 1. The summed E-state index contributed by atoms with van der Waals surface area (Å²) in [6.07, 6.45) is 3.37. The molecule has 3 nitrogen and oxygen atoms in total. The highest BCUT2D eigenvalue weighted by atomic mass is 16.2. The average Bonchev–Trinajstić information content (AvgIpc) is 2.34. The maximum Gasteiger partial charge on any atom is 0.227 e. The van der Waals surface area contributed by atoms with Gasteiger partial charge in [0.05, 0.1) is 0 Å². The van der Waals surface area contributed by atoms with Gasteiger partial charge in [-0.3, -0.25) is 4.79 Å². The standard InChI is InChI=1S/C16H24N2O/c1-12-6-7-14-13(11-12)5-4-10-18(14)15(19)8-9-16(2,3)17/h6-7,11H,4-5,8-10,17H2,1-3H3. The van der Waals surface area contributed by atoms with Crippen LogP contribution in [0.2, 0.25) is 0 Å². The normalized spacial score (nSPS) is 15.3. The third kappa shape index (κ3) is 3.57. The Labute approximate surface area is 115 Å². The Bertz CT molecular complexity index is 474. The first-order valence-electron chi connectivity index (χ1n) is 7.05. The fraction of sp³-hybridized carbons (Fsp3) is 0.562. The van der Waals surface area contributed by atoms with E-state index in [2.05, 4.69) is 25.1 Å². The second-order valence-electron chi connectivity index (χ2n) is 6.27. The van der Waals surface area contributed by atoms with Crippen LogP contribution in [0.4, 0.5) is 5.69 Å². The van der Waals surface area contributed by atoms with E-state index in [9.17, 15) is 4.79 Å². The molecule has 1 heterocycles. The molecule has 0 unspecified atom stereocenters. The van der Waals surface area contributed by atoms with E-state index in [1.165, 1.54) is 11.1 Å². The topological polar surface area (TPSA) is 46.3 Å². The van der Waals surface area contributed by atoms with Gasteiger partial charge in [0.15, 0.2) is 0 Å². The number of fused-ring (bicyclic) bond motifs is 1. The largest absolute Gasteiger partial charge is 0.326 e. The number of aryl methyl sites for hydroxylation is 2. The average molecular weight is 260 g/mol. The summed E-state index contributed by atoms with van der Waals surface area (Å²) >= 11 is 0. The summed E-state index contributed by atoms with van der Waals surface area (Å²) in [5, 5.41) is 0. The lowest BCUT2D eigenvalue weighted by Crippen LogP contribution is -2.38. The van der Waals surface area contributed by atoms with Crippen molar-refractivity contribution in [3.8, 4) is 0 Å². The number of nitrogens with two attached hydrogens (primary N) is 1. The molecule has 2 N–H and O–H groups in total. The summed E-state index contributed by atoms with van der Waals surface area (Å²) in [5.74, 6) is 0.198. The zero-order valence-electron chi connectivity index (χ0n) is 12.2. The number of benzene rings is 1. The SMILES string of the molecule is Cc1ccc2c(c1)CCCN2C(=O)CCC(C)(C)N. The summed E-state index contributed by atoms with van der Waals surface area (Å²) in [6.45, 7) is 6.86. The molecule has 0 radical (unpaired) electrons. The minimum absolute atomic E-state index is 0.198. The van der Waals surface area contributed by atoms with Crippen molar-refractivity contribution in [3.05, 3.63) is 29.3 Å². The second kappa shape index (κ2) is 5.33. The Morgan fingerprint density at radius 2 is 2.16 bits per heavy atom. The highest BCUT2D eigenvalue weighted by Gasteiger charge is 2.23. The first kappa shape index (κ1) is 14.1. The van der Waals surface area contributed by atoms with Gasteiger partial charge in [0.25, 0.3) is 0 Å². The van der Waals surface area contributed by atoms with Gasteiger partial charge in [-0.15, -0.1) is 0 Å². The Hall–Kier alpha value is -1.35. The van der Waals surface area contributed by atoms with Crippen LogP contribution in [0.5, 0.6) is 0 Å². The van der Waals surface area contributed by atoms with Crippen LogP contribution in [0.1, 0.15) is 44.2 Å². The van der Waals surface area contributed by atoms with Crippen molar-refractivity contribution in [2.75, 3.05) is 11.4 Å². The third-order valence-corrected chi connectivity index (χ3v) is 3.64.